The Morgan fingerprint density at radius 3 is 2.21 bits per heavy atom. The lowest BCUT2D eigenvalue weighted by Gasteiger charge is -2.09. The van der Waals surface area contributed by atoms with Crippen molar-refractivity contribution in [2.24, 2.45) is 0 Å². The molecule has 0 spiro atoms. The highest BCUT2D eigenvalue weighted by Gasteiger charge is 2.07. The average Bonchev–Trinajstić information content (AvgIpc) is 2.72. The third-order valence-electron chi connectivity index (χ3n) is 4.08. The van der Waals surface area contributed by atoms with E-state index in [-0.39, 0.29) is 37.1 Å². The lowest BCUT2D eigenvalue weighted by Crippen LogP contribution is -2.35. The minimum Gasteiger partial charge on any atom is -0.457 e. The highest BCUT2D eigenvalue weighted by molar-refractivity contribution is 5.94. The fourth-order valence-corrected chi connectivity index (χ4v) is 2.67. The van der Waals surface area contributed by atoms with E-state index in [9.17, 15) is 14.0 Å². The number of nitrogens with one attached hydrogen (secondary N) is 2. The molecule has 3 aromatic carbocycles. The molecule has 0 fully saturated rings. The van der Waals surface area contributed by atoms with Crippen LogP contribution in [0.4, 0.5) is 4.39 Å². The van der Waals surface area contributed by atoms with Crippen LogP contribution < -0.4 is 15.4 Å². The van der Waals surface area contributed by atoms with E-state index in [1.807, 2.05) is 30.3 Å². The molecule has 29 heavy (non-hydrogen) atoms. The molecule has 0 aliphatic carbocycles. The normalized spacial score (nSPS) is 10.2. The zero-order valence-electron chi connectivity index (χ0n) is 15.7. The molecule has 148 valence electrons. The molecule has 6 heteroatoms. The van der Waals surface area contributed by atoms with Crippen molar-refractivity contribution in [3.63, 3.8) is 0 Å². The third kappa shape index (κ3) is 6.46. The molecule has 2 N–H and O–H groups in total. The van der Waals surface area contributed by atoms with E-state index < -0.39 is 0 Å². The van der Waals surface area contributed by atoms with Crippen molar-refractivity contribution in [2.75, 3.05) is 13.1 Å². The summed E-state index contributed by atoms with van der Waals surface area (Å²) in [5.41, 5.74) is 1.10. The van der Waals surface area contributed by atoms with Gasteiger partial charge in [0.1, 0.15) is 17.3 Å². The van der Waals surface area contributed by atoms with Gasteiger partial charge in [-0.25, -0.2) is 4.39 Å². The number of benzene rings is 3. The van der Waals surface area contributed by atoms with E-state index in [2.05, 4.69) is 10.6 Å². The molecule has 0 unspecified atom stereocenters. The number of para-hydroxylation sites is 1. The monoisotopic (exact) mass is 392 g/mol. The third-order valence-corrected chi connectivity index (χ3v) is 4.08. The second-order valence-corrected chi connectivity index (χ2v) is 6.35. The van der Waals surface area contributed by atoms with Crippen molar-refractivity contribution in [1.29, 1.82) is 0 Å². The Balaban J connectivity index is 1.39. The number of carbonyl (C=O) groups is 2. The van der Waals surface area contributed by atoms with Crippen LogP contribution in [0.25, 0.3) is 0 Å². The summed E-state index contributed by atoms with van der Waals surface area (Å²) in [7, 11) is 0. The van der Waals surface area contributed by atoms with Crippen LogP contribution in [-0.2, 0) is 11.2 Å². The molecular weight excluding hydrogens is 371 g/mol. The lowest BCUT2D eigenvalue weighted by atomic mass is 10.1. The van der Waals surface area contributed by atoms with Gasteiger partial charge in [0.2, 0.25) is 5.91 Å². The zero-order chi connectivity index (χ0) is 20.5. The number of hydrogen-bond acceptors (Lipinski definition) is 3. The molecular formula is C23H21FN2O3. The van der Waals surface area contributed by atoms with Crippen molar-refractivity contribution >= 4 is 11.8 Å². The van der Waals surface area contributed by atoms with Gasteiger partial charge in [0.05, 0.1) is 6.42 Å². The van der Waals surface area contributed by atoms with Crippen LogP contribution in [0.3, 0.4) is 0 Å². The number of amides is 2. The molecule has 0 saturated carbocycles. The minimum atomic E-state index is -0.372. The summed E-state index contributed by atoms with van der Waals surface area (Å²) in [5.74, 6) is 0.515. The van der Waals surface area contributed by atoms with Gasteiger partial charge in [0, 0.05) is 18.7 Å². The van der Waals surface area contributed by atoms with Gasteiger partial charge in [-0.2, -0.15) is 0 Å². The van der Waals surface area contributed by atoms with E-state index in [1.54, 1.807) is 36.4 Å². The maximum atomic E-state index is 13.1. The highest BCUT2D eigenvalue weighted by Crippen LogP contribution is 2.21. The van der Waals surface area contributed by atoms with Crippen molar-refractivity contribution < 1.29 is 18.7 Å². The first-order chi connectivity index (χ1) is 14.1. The van der Waals surface area contributed by atoms with Crippen LogP contribution in [0.15, 0.2) is 78.9 Å². The van der Waals surface area contributed by atoms with Gasteiger partial charge in [-0.1, -0.05) is 30.3 Å². The number of rotatable bonds is 8. The van der Waals surface area contributed by atoms with Crippen LogP contribution in [0.1, 0.15) is 15.9 Å². The van der Waals surface area contributed by atoms with Gasteiger partial charge < -0.3 is 15.4 Å². The summed E-state index contributed by atoms with van der Waals surface area (Å²) in [6.45, 7) is 0.574. The van der Waals surface area contributed by atoms with Crippen LogP contribution in [-0.4, -0.2) is 24.9 Å². The largest absolute Gasteiger partial charge is 0.457 e. The topological polar surface area (TPSA) is 67.4 Å². The molecule has 0 atom stereocenters. The molecule has 0 saturated heterocycles. The Labute approximate surface area is 168 Å². The first kappa shape index (κ1) is 20.1. The summed E-state index contributed by atoms with van der Waals surface area (Å²) in [5, 5.41) is 5.44. The SMILES string of the molecule is O=C(Cc1cccc(F)c1)NCCNC(=O)c1ccc(Oc2ccccc2)cc1. The van der Waals surface area contributed by atoms with Gasteiger partial charge in [-0.15, -0.1) is 0 Å². The molecule has 3 rings (SSSR count). The average molecular weight is 392 g/mol. The molecule has 2 amide bonds. The molecule has 0 aliphatic rings. The molecule has 0 bridgehead atoms. The van der Waals surface area contributed by atoms with Gasteiger partial charge in [-0.3, -0.25) is 9.59 Å². The quantitative estimate of drug-likeness (QED) is 0.575. The second kappa shape index (κ2) is 10.0. The van der Waals surface area contributed by atoms with Crippen LogP contribution in [0, 0.1) is 5.82 Å². The van der Waals surface area contributed by atoms with E-state index in [0.29, 0.717) is 16.9 Å². The molecule has 5 nitrogen and oxygen atoms in total. The maximum absolute atomic E-state index is 13.1. The predicted molar refractivity (Wildman–Crippen MR) is 108 cm³/mol. The number of hydrogen-bond donors (Lipinski definition) is 2. The number of halogens is 1. The van der Waals surface area contributed by atoms with Gasteiger partial charge in [0.25, 0.3) is 5.91 Å². The fraction of sp³-hybridized carbons (Fsp3) is 0.130. The Kier molecular flexibility index (Phi) is 6.95. The van der Waals surface area contributed by atoms with Crippen LogP contribution in [0.5, 0.6) is 11.5 Å². The fourth-order valence-electron chi connectivity index (χ4n) is 2.67. The van der Waals surface area contributed by atoms with Gasteiger partial charge in [0.15, 0.2) is 0 Å². The summed E-state index contributed by atoms with van der Waals surface area (Å²) in [6, 6.07) is 22.1. The van der Waals surface area contributed by atoms with Crippen molar-refractivity contribution in [3.8, 4) is 11.5 Å². The standard InChI is InChI=1S/C23H21FN2O3/c24-19-6-4-5-17(15-19)16-22(27)25-13-14-26-23(28)18-9-11-21(12-10-18)29-20-7-2-1-3-8-20/h1-12,15H,13-14,16H2,(H,25,27)(H,26,28). The summed E-state index contributed by atoms with van der Waals surface area (Å²) < 4.78 is 18.8. The van der Waals surface area contributed by atoms with Crippen molar-refractivity contribution in [2.45, 2.75) is 6.42 Å². The first-order valence-corrected chi connectivity index (χ1v) is 9.22. The van der Waals surface area contributed by atoms with E-state index in [0.717, 1.165) is 5.75 Å². The zero-order valence-corrected chi connectivity index (χ0v) is 15.7. The molecule has 3 aromatic rings. The Morgan fingerprint density at radius 1 is 0.793 bits per heavy atom. The lowest BCUT2D eigenvalue weighted by molar-refractivity contribution is -0.120. The van der Waals surface area contributed by atoms with Gasteiger partial charge >= 0.3 is 0 Å². The molecule has 0 radical (unpaired) electrons. The number of ether oxygens (including phenoxy) is 1. The van der Waals surface area contributed by atoms with E-state index >= 15 is 0 Å². The van der Waals surface area contributed by atoms with E-state index in [4.69, 9.17) is 4.74 Å². The molecule has 0 aliphatic heterocycles. The Morgan fingerprint density at radius 2 is 1.48 bits per heavy atom. The second-order valence-electron chi connectivity index (χ2n) is 6.35. The van der Waals surface area contributed by atoms with Crippen LogP contribution in [0.2, 0.25) is 0 Å². The van der Waals surface area contributed by atoms with Crippen molar-refractivity contribution in [1.82, 2.24) is 10.6 Å². The predicted octanol–water partition coefficient (Wildman–Crippen LogP) is 3.71. The summed E-state index contributed by atoms with van der Waals surface area (Å²) in [6.07, 6.45) is 0.0918. The minimum absolute atomic E-state index is 0.0918. The van der Waals surface area contributed by atoms with Gasteiger partial charge in [-0.05, 0) is 54.1 Å². The Hall–Kier alpha value is -3.67. The highest BCUT2D eigenvalue weighted by atomic mass is 19.1. The van der Waals surface area contributed by atoms with Crippen LogP contribution >= 0.6 is 0 Å². The molecule has 0 heterocycles. The summed E-state index contributed by atoms with van der Waals surface area (Å²) >= 11 is 0. The first-order valence-electron chi connectivity index (χ1n) is 9.22. The van der Waals surface area contributed by atoms with Crippen molar-refractivity contribution in [3.05, 3.63) is 95.8 Å². The Bertz CT molecular complexity index is 959. The van der Waals surface area contributed by atoms with E-state index in [1.165, 1.54) is 12.1 Å². The maximum Gasteiger partial charge on any atom is 0.251 e. The molecule has 0 aromatic heterocycles. The number of carbonyl (C=O) groups excluding carboxylic acids is 2. The smallest absolute Gasteiger partial charge is 0.251 e. The summed E-state index contributed by atoms with van der Waals surface area (Å²) in [4.78, 5) is 24.0.